The van der Waals surface area contributed by atoms with Crippen molar-refractivity contribution in [2.24, 2.45) is 0 Å². The quantitative estimate of drug-likeness (QED) is 0.799. The average molecular weight is 328 g/mol. The summed E-state index contributed by atoms with van der Waals surface area (Å²) in [5.41, 5.74) is 2.39. The molecule has 118 valence electrons. The van der Waals surface area contributed by atoms with E-state index in [-0.39, 0.29) is 4.90 Å². The van der Waals surface area contributed by atoms with Gasteiger partial charge in [-0.25, -0.2) is 18.4 Å². The van der Waals surface area contributed by atoms with Gasteiger partial charge in [0.15, 0.2) is 0 Å². The lowest BCUT2D eigenvalue weighted by molar-refractivity contribution is 0.601. The molecule has 2 aromatic heterocycles. The molecule has 0 spiro atoms. The summed E-state index contributed by atoms with van der Waals surface area (Å²) < 4.78 is 29.1. The summed E-state index contributed by atoms with van der Waals surface area (Å²) in [6.45, 7) is 3.83. The second-order valence-corrected chi connectivity index (χ2v) is 6.91. The zero-order chi connectivity index (χ0) is 16.4. The summed E-state index contributed by atoms with van der Waals surface area (Å²) in [5.74, 6) is 0.664. The minimum Gasteiger partial charge on any atom is -0.291 e. The molecule has 0 saturated heterocycles. The molecule has 0 fully saturated rings. The van der Waals surface area contributed by atoms with Crippen LogP contribution in [-0.2, 0) is 10.0 Å². The molecule has 23 heavy (non-hydrogen) atoms. The first-order chi connectivity index (χ1) is 11.0. The van der Waals surface area contributed by atoms with E-state index in [0.29, 0.717) is 11.5 Å². The SMILES string of the molecule is Cc1ccc(S(=O)(=O)Nc2ccc(-n3ccnc3)nc2)cc1C. The molecule has 7 heteroatoms. The Labute approximate surface area is 134 Å². The molecule has 6 nitrogen and oxygen atoms in total. The molecule has 3 aromatic rings. The fourth-order valence-electron chi connectivity index (χ4n) is 2.09. The highest BCUT2D eigenvalue weighted by atomic mass is 32.2. The Bertz CT molecular complexity index is 917. The highest BCUT2D eigenvalue weighted by Crippen LogP contribution is 2.19. The number of sulfonamides is 1. The van der Waals surface area contributed by atoms with Gasteiger partial charge in [-0.15, -0.1) is 0 Å². The Balaban J connectivity index is 1.84. The lowest BCUT2D eigenvalue weighted by Crippen LogP contribution is -2.13. The van der Waals surface area contributed by atoms with Crippen LogP contribution in [0.1, 0.15) is 11.1 Å². The topological polar surface area (TPSA) is 76.9 Å². The molecule has 0 saturated carbocycles. The summed E-state index contributed by atoms with van der Waals surface area (Å²) in [6, 6.07) is 8.44. The molecule has 0 amide bonds. The van der Waals surface area contributed by atoms with Crippen LogP contribution in [0.25, 0.3) is 5.82 Å². The molecular weight excluding hydrogens is 312 g/mol. The molecule has 0 aliphatic carbocycles. The Morgan fingerprint density at radius 1 is 1.09 bits per heavy atom. The number of hydrogen-bond acceptors (Lipinski definition) is 4. The van der Waals surface area contributed by atoms with Crippen molar-refractivity contribution in [2.45, 2.75) is 18.7 Å². The third-order valence-corrected chi connectivity index (χ3v) is 4.94. The lowest BCUT2D eigenvalue weighted by atomic mass is 10.1. The number of imidazole rings is 1. The maximum atomic E-state index is 12.4. The van der Waals surface area contributed by atoms with Crippen molar-refractivity contribution in [2.75, 3.05) is 4.72 Å². The van der Waals surface area contributed by atoms with Crippen molar-refractivity contribution in [1.29, 1.82) is 0 Å². The first-order valence-corrected chi connectivity index (χ1v) is 8.48. The van der Waals surface area contributed by atoms with Crippen molar-refractivity contribution in [1.82, 2.24) is 14.5 Å². The van der Waals surface area contributed by atoms with E-state index in [1.165, 1.54) is 6.20 Å². The lowest BCUT2D eigenvalue weighted by Gasteiger charge is -2.10. The second-order valence-electron chi connectivity index (χ2n) is 5.23. The second kappa shape index (κ2) is 5.85. The van der Waals surface area contributed by atoms with Gasteiger partial charge < -0.3 is 0 Å². The van der Waals surface area contributed by atoms with Gasteiger partial charge in [0.05, 0.1) is 16.8 Å². The van der Waals surface area contributed by atoms with Crippen LogP contribution in [-0.4, -0.2) is 23.0 Å². The minimum atomic E-state index is -3.63. The van der Waals surface area contributed by atoms with Gasteiger partial charge in [0.25, 0.3) is 10.0 Å². The highest BCUT2D eigenvalue weighted by molar-refractivity contribution is 7.92. The maximum absolute atomic E-state index is 12.4. The van der Waals surface area contributed by atoms with Crippen LogP contribution in [0.4, 0.5) is 5.69 Å². The Morgan fingerprint density at radius 2 is 1.91 bits per heavy atom. The van der Waals surface area contributed by atoms with Crippen LogP contribution in [0.2, 0.25) is 0 Å². The van der Waals surface area contributed by atoms with Crippen molar-refractivity contribution >= 4 is 15.7 Å². The third kappa shape index (κ3) is 3.24. The number of anilines is 1. The molecule has 0 radical (unpaired) electrons. The number of aryl methyl sites for hydroxylation is 2. The molecular formula is C16H16N4O2S. The summed E-state index contributed by atoms with van der Waals surface area (Å²) in [4.78, 5) is 8.41. The summed E-state index contributed by atoms with van der Waals surface area (Å²) in [7, 11) is -3.63. The van der Waals surface area contributed by atoms with Gasteiger partial charge in [0.2, 0.25) is 0 Å². The number of rotatable bonds is 4. The normalized spacial score (nSPS) is 11.4. The van der Waals surface area contributed by atoms with Crippen LogP contribution in [0, 0.1) is 13.8 Å². The first-order valence-electron chi connectivity index (χ1n) is 7.00. The minimum absolute atomic E-state index is 0.235. The number of nitrogens with zero attached hydrogens (tertiary/aromatic N) is 3. The Kier molecular flexibility index (Phi) is 3.87. The largest absolute Gasteiger partial charge is 0.291 e. The molecule has 2 heterocycles. The van der Waals surface area contributed by atoms with Crippen molar-refractivity contribution in [3.05, 3.63) is 66.4 Å². The molecule has 1 N–H and O–H groups in total. The average Bonchev–Trinajstić information content (AvgIpc) is 3.04. The monoisotopic (exact) mass is 328 g/mol. The van der Waals surface area contributed by atoms with E-state index in [1.807, 2.05) is 13.8 Å². The molecule has 0 atom stereocenters. The van der Waals surface area contributed by atoms with Crippen LogP contribution in [0.3, 0.4) is 0 Å². The van der Waals surface area contributed by atoms with E-state index in [0.717, 1.165) is 11.1 Å². The van der Waals surface area contributed by atoms with Gasteiger partial charge in [-0.1, -0.05) is 6.07 Å². The van der Waals surface area contributed by atoms with Crippen LogP contribution in [0.15, 0.2) is 60.1 Å². The predicted molar refractivity (Wildman–Crippen MR) is 88.1 cm³/mol. The first kappa shape index (κ1) is 15.2. The van der Waals surface area contributed by atoms with Gasteiger partial charge in [0, 0.05) is 12.4 Å². The standard InChI is InChI=1S/C16H16N4O2S/c1-12-3-5-15(9-13(12)2)23(21,22)19-14-4-6-16(18-10-14)20-8-7-17-11-20/h3-11,19H,1-2H3. The maximum Gasteiger partial charge on any atom is 0.261 e. The van der Waals surface area contributed by atoms with Gasteiger partial charge in [-0.2, -0.15) is 0 Å². The summed E-state index contributed by atoms with van der Waals surface area (Å²) in [6.07, 6.45) is 6.52. The molecule has 3 rings (SSSR count). The van der Waals surface area contributed by atoms with E-state index >= 15 is 0 Å². The molecule has 0 unspecified atom stereocenters. The molecule has 1 aromatic carbocycles. The molecule has 0 bridgehead atoms. The number of pyridine rings is 1. The molecule has 0 aliphatic rings. The number of aromatic nitrogens is 3. The smallest absolute Gasteiger partial charge is 0.261 e. The van der Waals surface area contributed by atoms with Crippen molar-refractivity contribution in [3.63, 3.8) is 0 Å². The van der Waals surface area contributed by atoms with Gasteiger partial charge >= 0.3 is 0 Å². The number of hydrogen-bond donors (Lipinski definition) is 1. The fourth-order valence-corrected chi connectivity index (χ4v) is 3.22. The number of benzene rings is 1. The zero-order valence-electron chi connectivity index (χ0n) is 12.8. The van der Waals surface area contributed by atoms with E-state index in [9.17, 15) is 8.42 Å². The van der Waals surface area contributed by atoms with Crippen LogP contribution >= 0.6 is 0 Å². The van der Waals surface area contributed by atoms with Crippen LogP contribution < -0.4 is 4.72 Å². The Hall–Kier alpha value is -2.67. The van der Waals surface area contributed by atoms with Crippen LogP contribution in [0.5, 0.6) is 0 Å². The van der Waals surface area contributed by atoms with Gasteiger partial charge in [0.1, 0.15) is 12.1 Å². The van der Waals surface area contributed by atoms with Crippen molar-refractivity contribution in [3.8, 4) is 5.82 Å². The van der Waals surface area contributed by atoms with E-state index < -0.39 is 10.0 Å². The third-order valence-electron chi connectivity index (χ3n) is 3.56. The van der Waals surface area contributed by atoms with Gasteiger partial charge in [-0.05, 0) is 49.2 Å². The van der Waals surface area contributed by atoms with Gasteiger partial charge in [-0.3, -0.25) is 9.29 Å². The summed E-state index contributed by atoms with van der Waals surface area (Å²) >= 11 is 0. The highest BCUT2D eigenvalue weighted by Gasteiger charge is 2.15. The van der Waals surface area contributed by atoms with Crippen molar-refractivity contribution < 1.29 is 8.42 Å². The molecule has 0 aliphatic heterocycles. The summed E-state index contributed by atoms with van der Waals surface area (Å²) in [5, 5.41) is 0. The van der Waals surface area contributed by atoms with E-state index in [1.54, 1.807) is 53.6 Å². The van der Waals surface area contributed by atoms with E-state index in [4.69, 9.17) is 0 Å². The van der Waals surface area contributed by atoms with E-state index in [2.05, 4.69) is 14.7 Å². The fraction of sp³-hybridized carbons (Fsp3) is 0.125. The number of nitrogens with one attached hydrogen (secondary N) is 1. The predicted octanol–water partition coefficient (Wildman–Crippen LogP) is 2.68. The Morgan fingerprint density at radius 3 is 2.52 bits per heavy atom. The zero-order valence-corrected chi connectivity index (χ0v) is 13.6.